The van der Waals surface area contributed by atoms with Crippen LogP contribution in [0, 0.1) is 0 Å². The average Bonchev–Trinajstić information content (AvgIpc) is 2.47. The van der Waals surface area contributed by atoms with E-state index < -0.39 is 0 Å². The number of rotatable bonds is 5. The lowest BCUT2D eigenvalue weighted by Gasteiger charge is -2.21. The second kappa shape index (κ2) is 6.96. The molecule has 112 valence electrons. The summed E-state index contributed by atoms with van der Waals surface area (Å²) in [7, 11) is 3.76. The average molecular weight is 349 g/mol. The Balaban J connectivity index is 2.12. The Labute approximate surface area is 134 Å². The topological polar surface area (TPSA) is 38.5 Å². The number of nitrogens with two attached hydrogens (primary N) is 1. The maximum absolute atomic E-state index is 5.94. The maximum atomic E-state index is 5.94. The fraction of sp³-hybridized carbons (Fsp3) is 0.294. The van der Waals surface area contributed by atoms with Gasteiger partial charge in [0.25, 0.3) is 0 Å². The van der Waals surface area contributed by atoms with Crippen molar-refractivity contribution in [2.24, 2.45) is 5.73 Å². The van der Waals surface area contributed by atoms with Gasteiger partial charge in [0, 0.05) is 29.8 Å². The molecule has 0 fully saturated rings. The number of hydrogen-bond acceptors (Lipinski definition) is 3. The minimum absolute atomic E-state index is 0.0281. The normalized spacial score (nSPS) is 12.0. The predicted molar refractivity (Wildman–Crippen MR) is 91.8 cm³/mol. The van der Waals surface area contributed by atoms with Gasteiger partial charge in [0.1, 0.15) is 5.75 Å². The van der Waals surface area contributed by atoms with Crippen LogP contribution in [0.15, 0.2) is 46.9 Å². The summed E-state index contributed by atoms with van der Waals surface area (Å²) in [6.07, 6.45) is 0. The van der Waals surface area contributed by atoms with Crippen LogP contribution in [0.1, 0.15) is 24.1 Å². The second-order valence-corrected chi connectivity index (χ2v) is 6.05. The minimum Gasteiger partial charge on any atom is -0.497 e. The quantitative estimate of drug-likeness (QED) is 0.883. The third-order valence-corrected chi connectivity index (χ3v) is 4.18. The van der Waals surface area contributed by atoms with E-state index in [0.29, 0.717) is 0 Å². The molecule has 0 saturated heterocycles. The Bertz CT molecular complexity index is 596. The van der Waals surface area contributed by atoms with Crippen LogP contribution in [0.2, 0.25) is 0 Å². The molecule has 2 N–H and O–H groups in total. The van der Waals surface area contributed by atoms with Gasteiger partial charge < -0.3 is 15.4 Å². The molecule has 0 saturated carbocycles. The van der Waals surface area contributed by atoms with Crippen LogP contribution < -0.4 is 15.4 Å². The number of anilines is 1. The number of benzene rings is 2. The molecule has 21 heavy (non-hydrogen) atoms. The van der Waals surface area contributed by atoms with Gasteiger partial charge in [-0.25, -0.2) is 0 Å². The summed E-state index contributed by atoms with van der Waals surface area (Å²) >= 11 is 3.60. The molecule has 2 rings (SSSR count). The number of methoxy groups -OCH3 is 1. The Morgan fingerprint density at radius 3 is 2.38 bits per heavy atom. The molecular formula is C17H21BrN2O. The van der Waals surface area contributed by atoms with E-state index in [1.807, 2.05) is 19.1 Å². The summed E-state index contributed by atoms with van der Waals surface area (Å²) in [5.74, 6) is 0.880. The van der Waals surface area contributed by atoms with E-state index in [1.165, 1.54) is 5.56 Å². The van der Waals surface area contributed by atoms with Crippen molar-refractivity contribution < 1.29 is 4.74 Å². The highest BCUT2D eigenvalue weighted by molar-refractivity contribution is 9.10. The van der Waals surface area contributed by atoms with Gasteiger partial charge >= 0.3 is 0 Å². The fourth-order valence-corrected chi connectivity index (χ4v) is 2.95. The second-order valence-electron chi connectivity index (χ2n) is 5.20. The van der Waals surface area contributed by atoms with Gasteiger partial charge in [0.15, 0.2) is 0 Å². The largest absolute Gasteiger partial charge is 0.497 e. The molecule has 0 amide bonds. The van der Waals surface area contributed by atoms with E-state index in [2.05, 4.69) is 58.2 Å². The Hall–Kier alpha value is -1.52. The molecule has 0 aliphatic rings. The highest BCUT2D eigenvalue weighted by Gasteiger charge is 2.08. The molecule has 0 aromatic heterocycles. The molecular weight excluding hydrogens is 328 g/mol. The Morgan fingerprint density at radius 1 is 1.19 bits per heavy atom. The number of halogens is 1. The van der Waals surface area contributed by atoms with Crippen molar-refractivity contribution in [2.45, 2.75) is 19.5 Å². The van der Waals surface area contributed by atoms with Crippen molar-refractivity contribution in [3.63, 3.8) is 0 Å². The van der Waals surface area contributed by atoms with Crippen LogP contribution in [0.5, 0.6) is 5.75 Å². The molecule has 2 aromatic carbocycles. The molecule has 0 aliphatic carbocycles. The molecule has 0 radical (unpaired) electrons. The molecule has 0 bridgehead atoms. The van der Waals surface area contributed by atoms with Crippen LogP contribution in [0.25, 0.3) is 0 Å². The first kappa shape index (κ1) is 15.9. The Morgan fingerprint density at radius 2 is 1.86 bits per heavy atom. The smallest absolute Gasteiger partial charge is 0.118 e. The highest BCUT2D eigenvalue weighted by atomic mass is 79.9. The highest BCUT2D eigenvalue weighted by Crippen LogP contribution is 2.27. The number of nitrogens with zero attached hydrogens (tertiary/aromatic N) is 1. The first-order valence-corrected chi connectivity index (χ1v) is 7.69. The Kier molecular flexibility index (Phi) is 5.26. The van der Waals surface area contributed by atoms with Gasteiger partial charge in [0.05, 0.1) is 7.11 Å². The number of hydrogen-bond donors (Lipinski definition) is 1. The van der Waals surface area contributed by atoms with Crippen LogP contribution in [0.4, 0.5) is 5.69 Å². The van der Waals surface area contributed by atoms with Crippen molar-refractivity contribution in [3.8, 4) is 5.75 Å². The summed E-state index contributed by atoms with van der Waals surface area (Å²) in [5.41, 5.74) is 9.45. The van der Waals surface area contributed by atoms with Gasteiger partial charge in [0.2, 0.25) is 0 Å². The molecule has 0 unspecified atom stereocenters. The van der Waals surface area contributed by atoms with Gasteiger partial charge in [-0.3, -0.25) is 0 Å². The summed E-state index contributed by atoms with van der Waals surface area (Å²) in [4.78, 5) is 2.21. The van der Waals surface area contributed by atoms with Crippen LogP contribution in [-0.2, 0) is 6.54 Å². The zero-order chi connectivity index (χ0) is 15.4. The molecule has 3 nitrogen and oxygen atoms in total. The van der Waals surface area contributed by atoms with Crippen LogP contribution in [0.3, 0.4) is 0 Å². The molecule has 2 aromatic rings. The van der Waals surface area contributed by atoms with E-state index in [4.69, 9.17) is 10.5 Å². The summed E-state index contributed by atoms with van der Waals surface area (Å²) in [6.45, 7) is 2.83. The van der Waals surface area contributed by atoms with Gasteiger partial charge in [-0.05, 0) is 42.3 Å². The monoisotopic (exact) mass is 348 g/mol. The lowest BCUT2D eigenvalue weighted by molar-refractivity contribution is 0.414. The first-order valence-electron chi connectivity index (χ1n) is 6.90. The van der Waals surface area contributed by atoms with Crippen molar-refractivity contribution >= 4 is 21.6 Å². The van der Waals surface area contributed by atoms with Crippen molar-refractivity contribution in [3.05, 3.63) is 58.1 Å². The first-order chi connectivity index (χ1) is 10.0. The lowest BCUT2D eigenvalue weighted by atomic mass is 10.1. The molecule has 0 aliphatic heterocycles. The molecule has 4 heteroatoms. The zero-order valence-corrected chi connectivity index (χ0v) is 14.2. The van der Waals surface area contributed by atoms with Gasteiger partial charge in [-0.15, -0.1) is 0 Å². The minimum atomic E-state index is 0.0281. The summed E-state index contributed by atoms with van der Waals surface area (Å²) in [5, 5.41) is 0. The van der Waals surface area contributed by atoms with E-state index in [1.54, 1.807) is 7.11 Å². The maximum Gasteiger partial charge on any atom is 0.118 e. The summed E-state index contributed by atoms with van der Waals surface area (Å²) < 4.78 is 6.23. The summed E-state index contributed by atoms with van der Waals surface area (Å²) in [6, 6.07) is 14.5. The third kappa shape index (κ3) is 3.99. The fourth-order valence-electron chi connectivity index (χ4n) is 2.22. The molecule has 0 heterocycles. The standard InChI is InChI=1S/C17H21BrN2O/c1-12(19)16-9-6-14(10-17(16)18)20(2)11-13-4-7-15(21-3)8-5-13/h4-10,12H,11,19H2,1-3H3/t12-/m1/s1. The van der Waals surface area contributed by atoms with Crippen LogP contribution in [-0.4, -0.2) is 14.2 Å². The third-order valence-electron chi connectivity index (χ3n) is 3.49. The lowest BCUT2D eigenvalue weighted by Crippen LogP contribution is -2.16. The van der Waals surface area contributed by atoms with E-state index in [9.17, 15) is 0 Å². The van der Waals surface area contributed by atoms with Gasteiger partial charge in [-0.1, -0.05) is 34.1 Å². The van der Waals surface area contributed by atoms with E-state index in [0.717, 1.165) is 28.0 Å². The molecule has 1 atom stereocenters. The van der Waals surface area contributed by atoms with E-state index in [-0.39, 0.29) is 6.04 Å². The predicted octanol–water partition coefficient (Wildman–Crippen LogP) is 4.11. The van der Waals surface area contributed by atoms with Crippen LogP contribution >= 0.6 is 15.9 Å². The SMILES string of the molecule is COc1ccc(CN(C)c2ccc([C@@H](C)N)c(Br)c2)cc1. The van der Waals surface area contributed by atoms with Crippen molar-refractivity contribution in [1.29, 1.82) is 0 Å². The zero-order valence-electron chi connectivity index (χ0n) is 12.6. The van der Waals surface area contributed by atoms with Crippen molar-refractivity contribution in [2.75, 3.05) is 19.1 Å². The van der Waals surface area contributed by atoms with Gasteiger partial charge in [-0.2, -0.15) is 0 Å². The molecule has 0 spiro atoms. The number of ether oxygens (including phenoxy) is 1. The van der Waals surface area contributed by atoms with Crippen molar-refractivity contribution in [1.82, 2.24) is 0 Å². The van der Waals surface area contributed by atoms with E-state index >= 15 is 0 Å².